The molecule has 0 spiro atoms. The van der Waals surface area contributed by atoms with Crippen molar-refractivity contribution in [2.75, 3.05) is 9.80 Å². The average Bonchev–Trinajstić information content (AvgIpc) is 3.60. The number of fused-ring (bicyclic) bond motifs is 3. The summed E-state index contributed by atoms with van der Waals surface area (Å²) in [6.45, 7) is 9.01. The molecule has 266 valence electrons. The molecular weight excluding hydrogens is 667 g/mol. The van der Waals surface area contributed by atoms with Gasteiger partial charge in [-0.25, -0.2) is 0 Å². The van der Waals surface area contributed by atoms with Crippen molar-refractivity contribution in [2.45, 2.75) is 27.7 Å². The van der Waals surface area contributed by atoms with Gasteiger partial charge in [-0.15, -0.1) is 0 Å². The van der Waals surface area contributed by atoms with Crippen molar-refractivity contribution in [3.05, 3.63) is 204 Å². The van der Waals surface area contributed by atoms with E-state index in [2.05, 4.69) is 224 Å². The minimum Gasteiger partial charge on any atom is -0.355 e. The molecule has 1 N–H and O–H groups in total. The molecule has 0 fully saturated rings. The lowest BCUT2D eigenvalue weighted by atomic mass is 9.93. The van der Waals surface area contributed by atoms with E-state index in [0.717, 1.165) is 33.8 Å². The Morgan fingerprint density at radius 1 is 0.327 bits per heavy atom. The minimum atomic E-state index is 1.14. The van der Waals surface area contributed by atoms with Gasteiger partial charge >= 0.3 is 0 Å². The summed E-state index contributed by atoms with van der Waals surface area (Å²) in [6.07, 6.45) is 0. The summed E-state index contributed by atoms with van der Waals surface area (Å²) in [7, 11) is 0. The van der Waals surface area contributed by atoms with Crippen molar-refractivity contribution >= 4 is 55.9 Å². The van der Waals surface area contributed by atoms with E-state index in [1.807, 2.05) is 0 Å². The van der Waals surface area contributed by atoms with E-state index < -0.39 is 0 Å². The Morgan fingerprint density at radius 3 is 0.982 bits per heavy atom. The highest BCUT2D eigenvalue weighted by molar-refractivity contribution is 6.10. The van der Waals surface area contributed by atoms with Gasteiger partial charge in [0, 0.05) is 55.9 Å². The van der Waals surface area contributed by atoms with Crippen molar-refractivity contribution in [3.63, 3.8) is 0 Å². The Balaban J connectivity index is 1.10. The van der Waals surface area contributed by atoms with Crippen LogP contribution in [0.3, 0.4) is 0 Å². The van der Waals surface area contributed by atoms with Gasteiger partial charge in [0.15, 0.2) is 0 Å². The third kappa shape index (κ3) is 6.14. The highest BCUT2D eigenvalue weighted by Crippen LogP contribution is 2.43. The number of hydrogen-bond acceptors (Lipinski definition) is 2. The monoisotopic (exact) mass is 709 g/mol. The fraction of sp³-hybridized carbons (Fsp3) is 0.0769. The van der Waals surface area contributed by atoms with Crippen molar-refractivity contribution in [3.8, 4) is 22.3 Å². The van der Waals surface area contributed by atoms with Crippen LogP contribution in [-0.4, -0.2) is 4.98 Å². The number of para-hydroxylation sites is 4. The maximum absolute atomic E-state index is 3.69. The van der Waals surface area contributed by atoms with Gasteiger partial charge < -0.3 is 14.8 Å². The molecule has 0 aliphatic rings. The first kappa shape index (κ1) is 34.0. The number of aromatic nitrogens is 1. The number of H-pyrrole nitrogens is 1. The van der Waals surface area contributed by atoms with Gasteiger partial charge in [0.25, 0.3) is 0 Å². The van der Waals surface area contributed by atoms with Gasteiger partial charge in [-0.2, -0.15) is 0 Å². The van der Waals surface area contributed by atoms with Crippen LogP contribution in [0.2, 0.25) is 0 Å². The van der Waals surface area contributed by atoms with E-state index in [1.54, 1.807) is 0 Å². The quantitative estimate of drug-likeness (QED) is 0.170. The molecule has 1 heterocycles. The smallest absolute Gasteiger partial charge is 0.0493 e. The summed E-state index contributed by atoms with van der Waals surface area (Å²) in [5.41, 5.74) is 19.2. The summed E-state index contributed by atoms with van der Waals surface area (Å²) in [5, 5.41) is 2.46. The minimum absolute atomic E-state index is 1.14. The van der Waals surface area contributed by atoms with Crippen molar-refractivity contribution in [1.82, 2.24) is 4.98 Å². The summed E-state index contributed by atoms with van der Waals surface area (Å²) in [4.78, 5) is 8.40. The van der Waals surface area contributed by atoms with Crippen molar-refractivity contribution in [2.24, 2.45) is 0 Å². The Bertz CT molecular complexity index is 2510. The normalized spacial score (nSPS) is 11.3. The Labute approximate surface area is 323 Å². The van der Waals surface area contributed by atoms with E-state index in [0.29, 0.717) is 0 Å². The van der Waals surface area contributed by atoms with Crippen molar-refractivity contribution < 1.29 is 0 Å². The topological polar surface area (TPSA) is 22.3 Å². The molecule has 9 aromatic rings. The molecule has 3 nitrogen and oxygen atoms in total. The number of hydrogen-bond donors (Lipinski definition) is 1. The number of rotatable bonds is 8. The van der Waals surface area contributed by atoms with Crippen LogP contribution in [0.15, 0.2) is 182 Å². The molecule has 0 radical (unpaired) electrons. The molecule has 55 heavy (non-hydrogen) atoms. The summed E-state index contributed by atoms with van der Waals surface area (Å²) >= 11 is 0. The van der Waals surface area contributed by atoms with Crippen LogP contribution in [0.4, 0.5) is 34.1 Å². The Morgan fingerprint density at radius 2 is 0.655 bits per heavy atom. The zero-order chi connectivity index (χ0) is 37.5. The van der Waals surface area contributed by atoms with E-state index in [1.165, 1.54) is 66.7 Å². The molecule has 1 aromatic heterocycles. The predicted molar refractivity (Wildman–Crippen MR) is 235 cm³/mol. The van der Waals surface area contributed by atoms with Gasteiger partial charge in [0.2, 0.25) is 0 Å². The fourth-order valence-electron chi connectivity index (χ4n) is 8.12. The first-order valence-electron chi connectivity index (χ1n) is 19.0. The first-order chi connectivity index (χ1) is 27.0. The second-order valence-corrected chi connectivity index (χ2v) is 14.4. The number of benzene rings is 8. The number of anilines is 6. The third-order valence-corrected chi connectivity index (χ3v) is 11.3. The number of aromatic amines is 1. The maximum atomic E-state index is 3.69. The van der Waals surface area contributed by atoms with Crippen LogP contribution >= 0.6 is 0 Å². The average molecular weight is 710 g/mol. The molecule has 8 aromatic carbocycles. The number of nitrogens with one attached hydrogen (secondary N) is 1. The van der Waals surface area contributed by atoms with Gasteiger partial charge in [-0.05, 0) is 157 Å². The molecule has 0 bridgehead atoms. The summed E-state index contributed by atoms with van der Waals surface area (Å²) < 4.78 is 0. The fourth-order valence-corrected chi connectivity index (χ4v) is 8.12. The lowest BCUT2D eigenvalue weighted by Gasteiger charge is -2.28. The van der Waals surface area contributed by atoms with Gasteiger partial charge in [0.1, 0.15) is 0 Å². The Hall–Kier alpha value is -6.84. The van der Waals surface area contributed by atoms with Crippen molar-refractivity contribution in [1.29, 1.82) is 0 Å². The van der Waals surface area contributed by atoms with E-state index in [4.69, 9.17) is 0 Å². The molecule has 9 rings (SSSR count). The zero-order valence-electron chi connectivity index (χ0n) is 31.7. The second-order valence-electron chi connectivity index (χ2n) is 14.4. The third-order valence-electron chi connectivity index (χ3n) is 11.3. The lowest BCUT2D eigenvalue weighted by molar-refractivity contribution is 1.22. The molecular formula is C52H43N3. The molecule has 0 saturated carbocycles. The van der Waals surface area contributed by atoms with Crippen LogP contribution < -0.4 is 9.80 Å². The van der Waals surface area contributed by atoms with E-state index in [9.17, 15) is 0 Å². The second kappa shape index (κ2) is 14.2. The standard InChI is InChI=1S/C52H43N3/c1-35-37(3)51(54(41-17-9-5-10-18-41)42-19-11-6-12-20-42)31-27-45(35)39-25-29-49-47(33-39)48-34-40(26-30-50(48)53-49)46-28-32-52(38(4)36(46)2)55(43-21-13-7-14-22-43)44-23-15-8-16-24-44/h5-34,53H,1-4H3. The first-order valence-corrected chi connectivity index (χ1v) is 19.0. The van der Waals surface area contributed by atoms with Crippen LogP contribution in [-0.2, 0) is 0 Å². The van der Waals surface area contributed by atoms with Crippen LogP contribution in [0, 0.1) is 27.7 Å². The summed E-state index contributed by atoms with van der Waals surface area (Å²) in [5.74, 6) is 0. The van der Waals surface area contributed by atoms with Gasteiger partial charge in [-0.1, -0.05) is 97.1 Å². The molecule has 0 unspecified atom stereocenters. The maximum Gasteiger partial charge on any atom is 0.0493 e. The highest BCUT2D eigenvalue weighted by atomic mass is 15.1. The molecule has 0 aliphatic heterocycles. The van der Waals surface area contributed by atoms with E-state index in [-0.39, 0.29) is 0 Å². The predicted octanol–water partition coefficient (Wildman–Crippen LogP) is 14.8. The molecule has 0 saturated heterocycles. The van der Waals surface area contributed by atoms with Gasteiger partial charge in [-0.3, -0.25) is 0 Å². The van der Waals surface area contributed by atoms with E-state index >= 15 is 0 Å². The largest absolute Gasteiger partial charge is 0.355 e. The van der Waals surface area contributed by atoms with Gasteiger partial charge in [0.05, 0.1) is 0 Å². The summed E-state index contributed by atoms with van der Waals surface area (Å²) in [6, 6.07) is 65.4. The molecule has 0 aliphatic carbocycles. The van der Waals surface area contributed by atoms with Crippen LogP contribution in [0.25, 0.3) is 44.1 Å². The van der Waals surface area contributed by atoms with Crippen LogP contribution in [0.5, 0.6) is 0 Å². The number of nitrogens with zero attached hydrogens (tertiary/aromatic N) is 2. The molecule has 0 atom stereocenters. The van der Waals surface area contributed by atoms with Crippen LogP contribution in [0.1, 0.15) is 22.3 Å². The Kier molecular flexibility index (Phi) is 8.76. The SMILES string of the molecule is Cc1c(-c2ccc3[nH]c4ccc(-c5ccc(N(c6ccccc6)c6ccccc6)c(C)c5C)cc4c3c2)ccc(N(c2ccccc2)c2ccccc2)c1C. The molecule has 3 heteroatoms. The highest BCUT2D eigenvalue weighted by Gasteiger charge is 2.20. The molecule has 0 amide bonds. The zero-order valence-corrected chi connectivity index (χ0v) is 31.7. The lowest BCUT2D eigenvalue weighted by Crippen LogP contribution is -2.12.